The van der Waals surface area contributed by atoms with Gasteiger partial charge in [-0.15, -0.1) is 0 Å². The molecule has 1 aromatic carbocycles. The Morgan fingerprint density at radius 1 is 1.26 bits per heavy atom. The summed E-state index contributed by atoms with van der Waals surface area (Å²) in [5.41, 5.74) is 1.30. The molecule has 0 radical (unpaired) electrons. The second-order valence-corrected chi connectivity index (χ2v) is 5.03. The van der Waals surface area contributed by atoms with E-state index in [4.69, 9.17) is 9.47 Å². The fourth-order valence-electron chi connectivity index (χ4n) is 2.27. The molecule has 1 unspecified atom stereocenters. The minimum atomic E-state index is -0.418. The maximum atomic E-state index is 9.98. The molecule has 1 heterocycles. The molecule has 2 N–H and O–H groups in total. The molecular formula is C15H24NO3+. The summed E-state index contributed by atoms with van der Waals surface area (Å²) in [4.78, 5) is 1.39. The van der Waals surface area contributed by atoms with Crippen molar-refractivity contribution >= 4 is 0 Å². The number of hydrogen-bond acceptors (Lipinski definition) is 3. The third kappa shape index (κ3) is 4.82. The molecule has 0 spiro atoms. The summed E-state index contributed by atoms with van der Waals surface area (Å²) in [6, 6.07) is 8.06. The molecule has 1 aliphatic rings. The summed E-state index contributed by atoms with van der Waals surface area (Å²) in [7, 11) is 0. The lowest BCUT2D eigenvalue weighted by Crippen LogP contribution is -3.15. The average Bonchev–Trinajstić information content (AvgIpc) is 2.47. The van der Waals surface area contributed by atoms with Crippen molar-refractivity contribution in [3.8, 4) is 5.75 Å². The molecule has 1 saturated heterocycles. The second kappa shape index (κ2) is 7.48. The lowest BCUT2D eigenvalue weighted by Gasteiger charge is -2.25. The van der Waals surface area contributed by atoms with E-state index in [0.717, 1.165) is 45.0 Å². The van der Waals surface area contributed by atoms with E-state index in [1.807, 2.05) is 12.1 Å². The predicted octanol–water partition coefficient (Wildman–Crippen LogP) is -0.0962. The number of aliphatic hydroxyl groups is 1. The van der Waals surface area contributed by atoms with Crippen LogP contribution in [0.15, 0.2) is 24.3 Å². The Labute approximate surface area is 114 Å². The SMILES string of the molecule is CCc1ccc(OCC(O)C[NH+]2CCOCC2)cc1. The van der Waals surface area contributed by atoms with Crippen LogP contribution in [-0.4, -0.2) is 50.7 Å². The molecule has 4 heteroatoms. The number of rotatable bonds is 6. The summed E-state index contributed by atoms with van der Waals surface area (Å²) in [6.45, 7) is 6.75. The van der Waals surface area contributed by atoms with Gasteiger partial charge in [-0.2, -0.15) is 0 Å². The van der Waals surface area contributed by atoms with Crippen molar-refractivity contribution in [2.75, 3.05) is 39.5 Å². The Bertz CT molecular complexity index is 360. The molecule has 19 heavy (non-hydrogen) atoms. The Morgan fingerprint density at radius 3 is 2.58 bits per heavy atom. The zero-order chi connectivity index (χ0) is 13.5. The Kier molecular flexibility index (Phi) is 5.63. The molecule has 2 rings (SSSR count). The van der Waals surface area contributed by atoms with Crippen LogP contribution >= 0.6 is 0 Å². The van der Waals surface area contributed by atoms with Gasteiger partial charge in [-0.05, 0) is 24.1 Å². The van der Waals surface area contributed by atoms with Crippen molar-refractivity contribution in [3.63, 3.8) is 0 Å². The Balaban J connectivity index is 1.71. The molecule has 1 aliphatic heterocycles. The monoisotopic (exact) mass is 266 g/mol. The van der Waals surface area contributed by atoms with Gasteiger partial charge in [0.15, 0.2) is 0 Å². The van der Waals surface area contributed by atoms with Gasteiger partial charge in [-0.3, -0.25) is 0 Å². The molecule has 0 aromatic heterocycles. The van der Waals surface area contributed by atoms with Gasteiger partial charge in [0.2, 0.25) is 0 Å². The van der Waals surface area contributed by atoms with Crippen molar-refractivity contribution in [1.29, 1.82) is 0 Å². The lowest BCUT2D eigenvalue weighted by molar-refractivity contribution is -0.911. The van der Waals surface area contributed by atoms with E-state index < -0.39 is 6.10 Å². The van der Waals surface area contributed by atoms with E-state index in [9.17, 15) is 5.11 Å². The number of nitrogens with one attached hydrogen (secondary N) is 1. The minimum absolute atomic E-state index is 0.357. The summed E-state index contributed by atoms with van der Waals surface area (Å²) in [6.07, 6.45) is 0.613. The van der Waals surface area contributed by atoms with Gasteiger partial charge in [-0.25, -0.2) is 0 Å². The fourth-order valence-corrected chi connectivity index (χ4v) is 2.27. The Morgan fingerprint density at radius 2 is 1.95 bits per heavy atom. The van der Waals surface area contributed by atoms with Crippen LogP contribution in [-0.2, 0) is 11.2 Å². The summed E-state index contributed by atoms with van der Waals surface area (Å²) < 4.78 is 10.9. The highest BCUT2D eigenvalue weighted by atomic mass is 16.5. The van der Waals surface area contributed by atoms with Gasteiger partial charge in [0.05, 0.1) is 13.2 Å². The predicted molar refractivity (Wildman–Crippen MR) is 73.7 cm³/mol. The first kappa shape index (κ1) is 14.3. The first-order valence-electron chi connectivity index (χ1n) is 7.09. The number of hydrogen-bond donors (Lipinski definition) is 2. The smallest absolute Gasteiger partial charge is 0.137 e. The lowest BCUT2D eigenvalue weighted by atomic mass is 10.2. The normalized spacial score (nSPS) is 18.2. The van der Waals surface area contributed by atoms with E-state index in [-0.39, 0.29) is 0 Å². The van der Waals surface area contributed by atoms with E-state index >= 15 is 0 Å². The highest BCUT2D eigenvalue weighted by Crippen LogP contribution is 2.12. The molecule has 1 fully saturated rings. The van der Waals surface area contributed by atoms with Crippen LogP contribution in [0.2, 0.25) is 0 Å². The van der Waals surface area contributed by atoms with Gasteiger partial charge >= 0.3 is 0 Å². The van der Waals surface area contributed by atoms with Crippen LogP contribution in [0, 0.1) is 0 Å². The van der Waals surface area contributed by atoms with E-state index in [2.05, 4.69) is 19.1 Å². The van der Waals surface area contributed by atoms with Crippen LogP contribution in [0.3, 0.4) is 0 Å². The molecule has 106 valence electrons. The van der Waals surface area contributed by atoms with Crippen LogP contribution in [0.1, 0.15) is 12.5 Å². The van der Waals surface area contributed by atoms with E-state index in [1.165, 1.54) is 10.5 Å². The second-order valence-electron chi connectivity index (χ2n) is 5.03. The zero-order valence-electron chi connectivity index (χ0n) is 11.6. The number of quaternary nitrogens is 1. The highest BCUT2D eigenvalue weighted by Gasteiger charge is 2.18. The number of ether oxygens (including phenoxy) is 2. The first-order valence-corrected chi connectivity index (χ1v) is 7.09. The summed E-state index contributed by atoms with van der Waals surface area (Å²) in [5.74, 6) is 0.827. The highest BCUT2D eigenvalue weighted by molar-refractivity contribution is 5.27. The third-order valence-electron chi connectivity index (χ3n) is 3.50. The maximum Gasteiger partial charge on any atom is 0.137 e. The third-order valence-corrected chi connectivity index (χ3v) is 3.50. The van der Waals surface area contributed by atoms with Gasteiger partial charge < -0.3 is 19.5 Å². The largest absolute Gasteiger partial charge is 0.491 e. The van der Waals surface area contributed by atoms with Crippen LogP contribution in [0.4, 0.5) is 0 Å². The van der Waals surface area contributed by atoms with Gasteiger partial charge in [-0.1, -0.05) is 19.1 Å². The van der Waals surface area contributed by atoms with Crippen LogP contribution in [0.25, 0.3) is 0 Å². The van der Waals surface area contributed by atoms with Crippen molar-refractivity contribution in [2.24, 2.45) is 0 Å². The van der Waals surface area contributed by atoms with Crippen LogP contribution < -0.4 is 9.64 Å². The van der Waals surface area contributed by atoms with E-state index in [1.54, 1.807) is 0 Å². The van der Waals surface area contributed by atoms with Gasteiger partial charge in [0.1, 0.15) is 38.1 Å². The van der Waals surface area contributed by atoms with Crippen molar-refractivity contribution in [1.82, 2.24) is 0 Å². The Hall–Kier alpha value is -1.10. The molecule has 0 bridgehead atoms. The number of aryl methyl sites for hydroxylation is 1. The van der Waals surface area contributed by atoms with Crippen molar-refractivity contribution < 1.29 is 19.5 Å². The summed E-state index contributed by atoms with van der Waals surface area (Å²) in [5, 5.41) is 9.98. The topological polar surface area (TPSA) is 43.1 Å². The molecule has 1 aromatic rings. The molecular weight excluding hydrogens is 242 g/mol. The van der Waals surface area contributed by atoms with Crippen molar-refractivity contribution in [2.45, 2.75) is 19.4 Å². The molecule has 4 nitrogen and oxygen atoms in total. The zero-order valence-corrected chi connectivity index (χ0v) is 11.6. The first-order chi connectivity index (χ1) is 9.28. The molecule has 0 saturated carbocycles. The van der Waals surface area contributed by atoms with Gasteiger partial charge in [0, 0.05) is 0 Å². The number of morpholine rings is 1. The quantitative estimate of drug-likeness (QED) is 0.756. The minimum Gasteiger partial charge on any atom is -0.491 e. The van der Waals surface area contributed by atoms with E-state index in [0.29, 0.717) is 6.61 Å². The number of aliphatic hydroxyl groups excluding tert-OH is 1. The molecule has 0 aliphatic carbocycles. The fraction of sp³-hybridized carbons (Fsp3) is 0.600. The molecule has 1 atom stereocenters. The number of benzene rings is 1. The van der Waals surface area contributed by atoms with Gasteiger partial charge in [0.25, 0.3) is 0 Å². The molecule has 0 amide bonds. The van der Waals surface area contributed by atoms with Crippen molar-refractivity contribution in [3.05, 3.63) is 29.8 Å². The standard InChI is InChI=1S/C15H23NO3/c1-2-13-3-5-15(6-4-13)19-12-14(17)11-16-7-9-18-10-8-16/h3-6,14,17H,2,7-12H2,1H3/p+1. The van der Waals surface area contributed by atoms with Crippen LogP contribution in [0.5, 0.6) is 5.75 Å². The average molecular weight is 266 g/mol. The maximum absolute atomic E-state index is 9.98. The summed E-state index contributed by atoms with van der Waals surface area (Å²) >= 11 is 0.